The molecule has 0 aromatic rings. The third kappa shape index (κ3) is 3.80. The van der Waals surface area contributed by atoms with Gasteiger partial charge in [0, 0.05) is 19.1 Å². The van der Waals surface area contributed by atoms with Crippen molar-refractivity contribution in [2.75, 3.05) is 26.7 Å². The molecule has 0 bridgehead atoms. The number of esters is 1. The van der Waals surface area contributed by atoms with Gasteiger partial charge in [-0.05, 0) is 18.3 Å². The summed E-state index contributed by atoms with van der Waals surface area (Å²) in [7, 11) is 1.42. The number of nitrogens with two attached hydrogens (primary N) is 1. The Hall–Kier alpha value is -0.610. The maximum atomic E-state index is 11.2. The summed E-state index contributed by atoms with van der Waals surface area (Å²) in [6, 6.07) is 0.191. The number of methoxy groups -OCH3 is 1. The molecule has 2 unspecified atom stereocenters. The van der Waals surface area contributed by atoms with Crippen LogP contribution in [0.2, 0.25) is 0 Å². The van der Waals surface area contributed by atoms with Crippen LogP contribution >= 0.6 is 0 Å². The molecule has 4 nitrogen and oxygen atoms in total. The molecule has 0 amide bonds. The third-order valence-corrected chi connectivity index (χ3v) is 3.11. The van der Waals surface area contributed by atoms with Crippen LogP contribution in [-0.4, -0.2) is 43.7 Å². The second kappa shape index (κ2) is 5.47. The van der Waals surface area contributed by atoms with E-state index in [1.165, 1.54) is 7.11 Å². The average Bonchev–Trinajstić information content (AvgIpc) is 2.16. The molecule has 1 heterocycles. The van der Waals surface area contributed by atoms with Crippen LogP contribution in [-0.2, 0) is 9.53 Å². The van der Waals surface area contributed by atoms with Crippen LogP contribution in [0.3, 0.4) is 0 Å². The van der Waals surface area contributed by atoms with Crippen LogP contribution in [0.25, 0.3) is 0 Å². The standard InChI is InChI=1S/C11H22N2O2/c1-8(2)9-4-10(12)6-13(5-9)7-11(14)15-3/h8-10H,4-7,12H2,1-3H3. The monoisotopic (exact) mass is 214 g/mol. The van der Waals surface area contributed by atoms with Crippen LogP contribution in [0.15, 0.2) is 0 Å². The first kappa shape index (κ1) is 12.5. The van der Waals surface area contributed by atoms with Crippen molar-refractivity contribution in [3.05, 3.63) is 0 Å². The SMILES string of the molecule is COC(=O)CN1CC(N)CC(C(C)C)C1. The first-order chi connectivity index (χ1) is 7.02. The topological polar surface area (TPSA) is 55.6 Å². The van der Waals surface area contributed by atoms with Crippen molar-refractivity contribution in [1.29, 1.82) is 0 Å². The summed E-state index contributed by atoms with van der Waals surface area (Å²) in [6.07, 6.45) is 1.06. The Labute approximate surface area is 91.8 Å². The first-order valence-electron chi connectivity index (χ1n) is 5.57. The second-order valence-corrected chi connectivity index (χ2v) is 4.77. The lowest BCUT2D eigenvalue weighted by Crippen LogP contribution is -2.49. The molecule has 1 saturated heterocycles. The molecular weight excluding hydrogens is 192 g/mol. The minimum atomic E-state index is -0.174. The van der Waals surface area contributed by atoms with Gasteiger partial charge in [0.25, 0.3) is 0 Å². The number of rotatable bonds is 3. The molecule has 4 heteroatoms. The van der Waals surface area contributed by atoms with Gasteiger partial charge in [-0.2, -0.15) is 0 Å². The lowest BCUT2D eigenvalue weighted by atomic mass is 9.86. The smallest absolute Gasteiger partial charge is 0.319 e. The van der Waals surface area contributed by atoms with Gasteiger partial charge in [-0.15, -0.1) is 0 Å². The van der Waals surface area contributed by atoms with E-state index in [1.807, 2.05) is 0 Å². The van der Waals surface area contributed by atoms with Crippen molar-refractivity contribution in [2.24, 2.45) is 17.6 Å². The van der Waals surface area contributed by atoms with Gasteiger partial charge in [0.15, 0.2) is 0 Å². The maximum Gasteiger partial charge on any atom is 0.319 e. The lowest BCUT2D eigenvalue weighted by molar-refractivity contribution is -0.142. The van der Waals surface area contributed by atoms with Crippen LogP contribution in [0.1, 0.15) is 20.3 Å². The molecule has 1 fully saturated rings. The Morgan fingerprint density at radius 2 is 2.20 bits per heavy atom. The fraction of sp³-hybridized carbons (Fsp3) is 0.909. The summed E-state index contributed by atoms with van der Waals surface area (Å²) in [5.74, 6) is 1.04. The van der Waals surface area contributed by atoms with Gasteiger partial charge in [-0.1, -0.05) is 13.8 Å². The normalized spacial score (nSPS) is 28.1. The summed E-state index contributed by atoms with van der Waals surface area (Å²) in [6.45, 7) is 6.55. The Morgan fingerprint density at radius 1 is 1.53 bits per heavy atom. The molecular formula is C11H22N2O2. The Balaban J connectivity index is 2.48. The van der Waals surface area contributed by atoms with Crippen molar-refractivity contribution in [2.45, 2.75) is 26.3 Å². The van der Waals surface area contributed by atoms with Gasteiger partial charge >= 0.3 is 5.97 Å². The van der Waals surface area contributed by atoms with Gasteiger partial charge in [0.05, 0.1) is 13.7 Å². The molecule has 0 aromatic carbocycles. The molecule has 1 aliphatic heterocycles. The van der Waals surface area contributed by atoms with Crippen LogP contribution in [0.5, 0.6) is 0 Å². The molecule has 0 radical (unpaired) electrons. The second-order valence-electron chi connectivity index (χ2n) is 4.77. The zero-order valence-electron chi connectivity index (χ0n) is 9.90. The summed E-state index contributed by atoms with van der Waals surface area (Å²) in [4.78, 5) is 13.3. The molecule has 1 aliphatic rings. The van der Waals surface area contributed by atoms with Crippen molar-refractivity contribution >= 4 is 5.97 Å². The van der Waals surface area contributed by atoms with Gasteiger partial charge in [0.2, 0.25) is 0 Å². The van der Waals surface area contributed by atoms with E-state index in [-0.39, 0.29) is 12.0 Å². The summed E-state index contributed by atoms with van der Waals surface area (Å²) in [5.41, 5.74) is 5.98. The minimum Gasteiger partial charge on any atom is -0.468 e. The van der Waals surface area contributed by atoms with E-state index in [1.54, 1.807) is 0 Å². The molecule has 15 heavy (non-hydrogen) atoms. The van der Waals surface area contributed by atoms with E-state index >= 15 is 0 Å². The predicted octanol–water partition coefficient (Wildman–Crippen LogP) is 0.465. The molecule has 2 atom stereocenters. The number of hydrogen-bond acceptors (Lipinski definition) is 4. The molecule has 2 N–H and O–H groups in total. The predicted molar refractivity (Wildman–Crippen MR) is 59.4 cm³/mol. The fourth-order valence-corrected chi connectivity index (χ4v) is 2.13. The van der Waals surface area contributed by atoms with E-state index in [0.717, 1.165) is 19.5 Å². The average molecular weight is 214 g/mol. The minimum absolute atomic E-state index is 0.174. The van der Waals surface area contributed by atoms with E-state index in [2.05, 4.69) is 23.5 Å². The zero-order valence-corrected chi connectivity index (χ0v) is 9.90. The summed E-state index contributed by atoms with van der Waals surface area (Å²) in [5, 5.41) is 0. The van der Waals surface area contributed by atoms with E-state index in [9.17, 15) is 4.79 Å². The highest BCUT2D eigenvalue weighted by atomic mass is 16.5. The number of ether oxygens (including phenoxy) is 1. The molecule has 0 spiro atoms. The van der Waals surface area contributed by atoms with Gasteiger partial charge in [0.1, 0.15) is 0 Å². The maximum absolute atomic E-state index is 11.2. The number of likely N-dealkylation sites (tertiary alicyclic amines) is 1. The lowest BCUT2D eigenvalue weighted by Gasteiger charge is -2.37. The van der Waals surface area contributed by atoms with Crippen molar-refractivity contribution in [1.82, 2.24) is 4.90 Å². The van der Waals surface area contributed by atoms with E-state index in [0.29, 0.717) is 18.4 Å². The third-order valence-electron chi connectivity index (χ3n) is 3.11. The van der Waals surface area contributed by atoms with Gasteiger partial charge in [-0.3, -0.25) is 9.69 Å². The number of nitrogens with zero attached hydrogens (tertiary/aromatic N) is 1. The molecule has 1 rings (SSSR count). The Morgan fingerprint density at radius 3 is 2.73 bits per heavy atom. The zero-order chi connectivity index (χ0) is 11.4. The fourth-order valence-electron chi connectivity index (χ4n) is 2.13. The largest absolute Gasteiger partial charge is 0.468 e. The summed E-state index contributed by atoms with van der Waals surface area (Å²) >= 11 is 0. The van der Waals surface area contributed by atoms with Crippen LogP contribution in [0, 0.1) is 11.8 Å². The highest BCUT2D eigenvalue weighted by Gasteiger charge is 2.28. The Bertz CT molecular complexity index is 219. The van der Waals surface area contributed by atoms with Crippen molar-refractivity contribution in [3.8, 4) is 0 Å². The number of hydrogen-bond donors (Lipinski definition) is 1. The van der Waals surface area contributed by atoms with Crippen molar-refractivity contribution < 1.29 is 9.53 Å². The molecule has 88 valence electrons. The highest BCUT2D eigenvalue weighted by molar-refractivity contribution is 5.71. The number of carbonyl (C=O) groups is 1. The highest BCUT2D eigenvalue weighted by Crippen LogP contribution is 2.22. The quantitative estimate of drug-likeness (QED) is 0.694. The van der Waals surface area contributed by atoms with E-state index < -0.39 is 0 Å². The molecule has 0 aromatic heterocycles. The molecule has 0 saturated carbocycles. The molecule has 0 aliphatic carbocycles. The van der Waals surface area contributed by atoms with Gasteiger partial charge < -0.3 is 10.5 Å². The van der Waals surface area contributed by atoms with E-state index in [4.69, 9.17) is 5.73 Å². The Kier molecular flexibility index (Phi) is 4.54. The summed E-state index contributed by atoms with van der Waals surface area (Å²) < 4.78 is 4.66. The number of piperidine rings is 1. The number of carbonyl (C=O) groups excluding carboxylic acids is 1. The van der Waals surface area contributed by atoms with Crippen LogP contribution < -0.4 is 5.73 Å². The van der Waals surface area contributed by atoms with Crippen molar-refractivity contribution in [3.63, 3.8) is 0 Å². The van der Waals surface area contributed by atoms with Crippen LogP contribution in [0.4, 0.5) is 0 Å². The van der Waals surface area contributed by atoms with Gasteiger partial charge in [-0.25, -0.2) is 0 Å². The first-order valence-corrected chi connectivity index (χ1v) is 5.57.